The highest BCUT2D eigenvalue weighted by Crippen LogP contribution is 2.39. The minimum atomic E-state index is -4.39. The van der Waals surface area contributed by atoms with Crippen LogP contribution in [0, 0.1) is 0 Å². The lowest BCUT2D eigenvalue weighted by Gasteiger charge is -2.24. The highest BCUT2D eigenvalue weighted by molar-refractivity contribution is 8.00. The van der Waals surface area contributed by atoms with Crippen molar-refractivity contribution in [2.45, 2.75) is 18.0 Å². The van der Waals surface area contributed by atoms with E-state index >= 15 is 0 Å². The summed E-state index contributed by atoms with van der Waals surface area (Å²) in [6, 6.07) is 4.73. The number of halogens is 3. The first-order valence-electron chi connectivity index (χ1n) is 6.48. The Balaban J connectivity index is 2.12. The van der Waals surface area contributed by atoms with Crippen LogP contribution in [0.15, 0.2) is 24.3 Å². The normalized spacial score (nSPS) is 18.6. The van der Waals surface area contributed by atoms with Crippen molar-refractivity contribution in [3.63, 3.8) is 0 Å². The molecule has 0 spiro atoms. The molecule has 1 amide bonds. The smallest absolute Gasteiger partial charge is 0.416 e. The van der Waals surface area contributed by atoms with Crippen molar-refractivity contribution >= 4 is 23.6 Å². The number of ether oxygens (including phenoxy) is 1. The molecule has 2 rings (SSSR count). The van der Waals surface area contributed by atoms with Crippen LogP contribution in [-0.4, -0.2) is 36.2 Å². The van der Waals surface area contributed by atoms with Gasteiger partial charge in [0.1, 0.15) is 5.37 Å². The lowest BCUT2D eigenvalue weighted by Crippen LogP contribution is -2.30. The first-order chi connectivity index (χ1) is 10.3. The Morgan fingerprint density at radius 3 is 2.55 bits per heavy atom. The number of nitrogens with zero attached hydrogens (tertiary/aromatic N) is 1. The van der Waals surface area contributed by atoms with Gasteiger partial charge in [0, 0.05) is 6.54 Å². The number of rotatable bonds is 4. The molecule has 8 heteroatoms. The van der Waals surface area contributed by atoms with Crippen molar-refractivity contribution in [2.75, 3.05) is 19.4 Å². The molecule has 1 aromatic carbocycles. The van der Waals surface area contributed by atoms with Gasteiger partial charge in [-0.1, -0.05) is 12.1 Å². The van der Waals surface area contributed by atoms with Crippen LogP contribution in [0.3, 0.4) is 0 Å². The van der Waals surface area contributed by atoms with Crippen LogP contribution in [0.4, 0.5) is 13.2 Å². The van der Waals surface area contributed by atoms with Crippen LogP contribution >= 0.6 is 11.8 Å². The minimum Gasteiger partial charge on any atom is -0.469 e. The quantitative estimate of drug-likeness (QED) is 0.795. The van der Waals surface area contributed by atoms with Gasteiger partial charge < -0.3 is 9.64 Å². The number of alkyl halides is 3. The Hall–Kier alpha value is -1.70. The second-order valence-corrected chi connectivity index (χ2v) is 5.76. The molecular weight excluding hydrogens is 319 g/mol. The van der Waals surface area contributed by atoms with Crippen LogP contribution in [0.1, 0.15) is 22.9 Å². The van der Waals surface area contributed by atoms with E-state index in [1.165, 1.54) is 35.9 Å². The molecule has 1 heterocycles. The molecule has 120 valence electrons. The van der Waals surface area contributed by atoms with Gasteiger partial charge in [0.25, 0.3) is 0 Å². The Morgan fingerprint density at radius 2 is 2.00 bits per heavy atom. The molecule has 1 fully saturated rings. The van der Waals surface area contributed by atoms with Gasteiger partial charge in [-0.2, -0.15) is 13.2 Å². The molecule has 0 bridgehead atoms. The van der Waals surface area contributed by atoms with E-state index in [1.54, 1.807) is 0 Å². The zero-order chi connectivity index (χ0) is 16.3. The standard InChI is InChI=1S/C14H14F3NO3S/c1-21-12(20)6-7-18-11(19)8-22-13(18)9-2-4-10(5-3-9)14(15,16)17/h2-5,13H,6-8H2,1H3. The highest BCUT2D eigenvalue weighted by Gasteiger charge is 2.34. The van der Waals surface area contributed by atoms with Crippen molar-refractivity contribution < 1.29 is 27.5 Å². The van der Waals surface area contributed by atoms with Gasteiger partial charge in [-0.3, -0.25) is 9.59 Å². The van der Waals surface area contributed by atoms with Crippen LogP contribution in [0.5, 0.6) is 0 Å². The van der Waals surface area contributed by atoms with Crippen molar-refractivity contribution in [3.05, 3.63) is 35.4 Å². The van der Waals surface area contributed by atoms with E-state index in [-0.39, 0.29) is 30.0 Å². The molecule has 0 aromatic heterocycles. The molecule has 22 heavy (non-hydrogen) atoms. The van der Waals surface area contributed by atoms with Gasteiger partial charge in [-0.25, -0.2) is 0 Å². The Kier molecular flexibility index (Phi) is 5.00. The molecule has 1 atom stereocenters. The van der Waals surface area contributed by atoms with Crippen LogP contribution in [0.25, 0.3) is 0 Å². The minimum absolute atomic E-state index is 0.0555. The first-order valence-corrected chi connectivity index (χ1v) is 7.53. The fourth-order valence-corrected chi connectivity index (χ4v) is 3.34. The maximum atomic E-state index is 12.6. The number of methoxy groups -OCH3 is 1. The number of amides is 1. The molecule has 1 aliphatic rings. The molecule has 0 aliphatic carbocycles. The third-order valence-electron chi connectivity index (χ3n) is 3.28. The first kappa shape index (κ1) is 16.7. The zero-order valence-electron chi connectivity index (χ0n) is 11.7. The molecule has 0 radical (unpaired) electrons. The van der Waals surface area contributed by atoms with E-state index < -0.39 is 17.7 Å². The Labute approximate surface area is 129 Å². The number of carbonyl (C=O) groups excluding carboxylic acids is 2. The summed E-state index contributed by atoms with van der Waals surface area (Å²) >= 11 is 1.33. The number of hydrogen-bond acceptors (Lipinski definition) is 4. The molecule has 1 aliphatic heterocycles. The summed E-state index contributed by atoms with van der Waals surface area (Å²) in [4.78, 5) is 24.5. The summed E-state index contributed by atoms with van der Waals surface area (Å²) < 4.78 is 42.2. The molecular formula is C14H14F3NO3S. The van der Waals surface area contributed by atoms with Gasteiger partial charge >= 0.3 is 12.1 Å². The third kappa shape index (κ3) is 3.73. The van der Waals surface area contributed by atoms with Gasteiger partial charge in [0.2, 0.25) is 5.91 Å². The Morgan fingerprint density at radius 1 is 1.36 bits per heavy atom. The predicted molar refractivity (Wildman–Crippen MR) is 75.0 cm³/mol. The largest absolute Gasteiger partial charge is 0.469 e. The van der Waals surface area contributed by atoms with Crippen LogP contribution < -0.4 is 0 Å². The number of thioether (sulfide) groups is 1. The Bertz CT molecular complexity index is 559. The monoisotopic (exact) mass is 333 g/mol. The van der Waals surface area contributed by atoms with E-state index in [1.807, 2.05) is 0 Å². The summed E-state index contributed by atoms with van der Waals surface area (Å²) in [5, 5.41) is -0.376. The molecule has 4 nitrogen and oxygen atoms in total. The summed E-state index contributed by atoms with van der Waals surface area (Å²) in [5.41, 5.74) is -0.125. The van der Waals surface area contributed by atoms with E-state index in [2.05, 4.69) is 4.74 Å². The van der Waals surface area contributed by atoms with E-state index in [9.17, 15) is 22.8 Å². The van der Waals surface area contributed by atoms with Crippen molar-refractivity contribution in [2.24, 2.45) is 0 Å². The molecule has 0 saturated carbocycles. The van der Waals surface area contributed by atoms with E-state index in [0.29, 0.717) is 5.56 Å². The topological polar surface area (TPSA) is 46.6 Å². The summed E-state index contributed by atoms with van der Waals surface area (Å²) in [5.74, 6) is -0.331. The third-order valence-corrected chi connectivity index (χ3v) is 4.53. The highest BCUT2D eigenvalue weighted by atomic mass is 32.2. The number of hydrogen-bond donors (Lipinski definition) is 0. The SMILES string of the molecule is COC(=O)CCN1C(=O)CSC1c1ccc(C(F)(F)F)cc1. The van der Waals surface area contributed by atoms with Crippen LogP contribution in [-0.2, 0) is 20.5 Å². The maximum absolute atomic E-state index is 12.6. The maximum Gasteiger partial charge on any atom is 0.416 e. The zero-order valence-corrected chi connectivity index (χ0v) is 12.5. The van der Waals surface area contributed by atoms with E-state index in [4.69, 9.17) is 0 Å². The van der Waals surface area contributed by atoms with Gasteiger partial charge in [0.15, 0.2) is 0 Å². The molecule has 1 unspecified atom stereocenters. The number of carbonyl (C=O) groups is 2. The predicted octanol–water partition coefficient (Wildman–Crippen LogP) is 2.84. The van der Waals surface area contributed by atoms with Crippen molar-refractivity contribution in [1.29, 1.82) is 0 Å². The second kappa shape index (κ2) is 6.60. The number of esters is 1. The van der Waals surface area contributed by atoms with Crippen LogP contribution in [0.2, 0.25) is 0 Å². The van der Waals surface area contributed by atoms with Gasteiger partial charge in [-0.15, -0.1) is 11.8 Å². The summed E-state index contributed by atoms with van der Waals surface area (Å²) in [7, 11) is 1.26. The molecule has 1 aromatic rings. The van der Waals surface area contributed by atoms with Crippen molar-refractivity contribution in [3.8, 4) is 0 Å². The molecule has 0 N–H and O–H groups in total. The second-order valence-electron chi connectivity index (χ2n) is 4.70. The fourth-order valence-electron chi connectivity index (χ4n) is 2.12. The summed E-state index contributed by atoms with van der Waals surface area (Å²) in [6.07, 6.45) is -4.33. The fraction of sp³-hybridized carbons (Fsp3) is 0.429. The lowest BCUT2D eigenvalue weighted by atomic mass is 10.1. The van der Waals surface area contributed by atoms with Gasteiger partial charge in [-0.05, 0) is 17.7 Å². The average Bonchev–Trinajstić information content (AvgIpc) is 2.85. The summed E-state index contributed by atoms with van der Waals surface area (Å²) in [6.45, 7) is 0.185. The molecule has 1 saturated heterocycles. The lowest BCUT2D eigenvalue weighted by molar-refractivity contribution is -0.141. The average molecular weight is 333 g/mol. The van der Waals surface area contributed by atoms with Gasteiger partial charge in [0.05, 0.1) is 24.8 Å². The van der Waals surface area contributed by atoms with E-state index in [0.717, 1.165) is 12.1 Å². The van der Waals surface area contributed by atoms with Crippen molar-refractivity contribution in [1.82, 2.24) is 4.90 Å². The number of benzene rings is 1.